The predicted molar refractivity (Wildman–Crippen MR) is 106 cm³/mol. The van der Waals surface area contributed by atoms with Gasteiger partial charge in [0.15, 0.2) is 0 Å². The van der Waals surface area contributed by atoms with Gasteiger partial charge in [0.1, 0.15) is 5.75 Å². The van der Waals surface area contributed by atoms with Crippen molar-refractivity contribution < 1.29 is 9.53 Å². The van der Waals surface area contributed by atoms with Crippen molar-refractivity contribution in [2.45, 2.75) is 20.8 Å². The van der Waals surface area contributed by atoms with E-state index in [-0.39, 0.29) is 11.5 Å². The van der Waals surface area contributed by atoms with E-state index < -0.39 is 0 Å². The molecule has 1 aromatic carbocycles. The first-order chi connectivity index (χ1) is 12.5. The number of hydrogen-bond acceptors (Lipinski definition) is 4. The largest absolute Gasteiger partial charge is 0.495 e. The van der Waals surface area contributed by atoms with E-state index in [2.05, 4.69) is 16.5 Å². The molecule has 1 saturated heterocycles. The summed E-state index contributed by atoms with van der Waals surface area (Å²) in [5, 5.41) is 0.965. The van der Waals surface area contributed by atoms with Crippen LogP contribution in [0.25, 0.3) is 10.9 Å². The highest BCUT2D eigenvalue weighted by Crippen LogP contribution is 2.33. The number of aromatic nitrogens is 1. The molecule has 1 aromatic heterocycles. The number of benzene rings is 1. The summed E-state index contributed by atoms with van der Waals surface area (Å²) in [4.78, 5) is 30.4. The average Bonchev–Trinajstić information content (AvgIpc) is 2.69. The summed E-state index contributed by atoms with van der Waals surface area (Å²) in [6, 6.07) is 5.77. The molecule has 6 nitrogen and oxygen atoms in total. The van der Waals surface area contributed by atoms with Gasteiger partial charge in [-0.25, -0.2) is 0 Å². The van der Waals surface area contributed by atoms with Crippen LogP contribution < -0.4 is 15.2 Å². The Labute approximate surface area is 154 Å². The lowest BCUT2D eigenvalue weighted by Crippen LogP contribution is -2.48. The number of methoxy groups -OCH3 is 1. The van der Waals surface area contributed by atoms with E-state index in [1.165, 1.54) is 6.08 Å². The van der Waals surface area contributed by atoms with E-state index in [9.17, 15) is 9.59 Å². The maximum absolute atomic E-state index is 11.8. The standard InChI is InChI=1S/C18H21N3O3.C2H6/c1-4-17(22)21-7-5-20(6-8-21)15-10-13-9-12(2)18(23)19-14(13)11-16(15)24-3;1-2/h4,9-11H,1,5-8H2,2-3H3,(H,19,23);1-2H3. The van der Waals surface area contributed by atoms with Crippen molar-refractivity contribution in [2.24, 2.45) is 0 Å². The molecule has 0 aliphatic carbocycles. The zero-order chi connectivity index (χ0) is 19.3. The van der Waals surface area contributed by atoms with Gasteiger partial charge in [0.2, 0.25) is 5.91 Å². The summed E-state index contributed by atoms with van der Waals surface area (Å²) in [6.07, 6.45) is 1.35. The number of fused-ring (bicyclic) bond motifs is 1. The minimum atomic E-state index is -0.0890. The smallest absolute Gasteiger partial charge is 0.251 e. The quantitative estimate of drug-likeness (QED) is 0.858. The number of rotatable bonds is 3. The number of nitrogens with one attached hydrogen (secondary N) is 1. The number of ether oxygens (including phenoxy) is 1. The van der Waals surface area contributed by atoms with Gasteiger partial charge in [-0.2, -0.15) is 0 Å². The molecule has 1 fully saturated rings. The van der Waals surface area contributed by atoms with Crippen molar-refractivity contribution in [3.05, 3.63) is 46.8 Å². The molecule has 140 valence electrons. The van der Waals surface area contributed by atoms with Crippen LogP contribution in [0.4, 0.5) is 5.69 Å². The van der Waals surface area contributed by atoms with Crippen molar-refractivity contribution in [3.8, 4) is 5.75 Å². The molecule has 1 amide bonds. The average molecular weight is 357 g/mol. The Hall–Kier alpha value is -2.76. The summed E-state index contributed by atoms with van der Waals surface area (Å²) >= 11 is 0. The number of nitrogens with zero attached hydrogens (tertiary/aromatic N) is 2. The third kappa shape index (κ3) is 3.90. The molecule has 1 aliphatic heterocycles. The SMILES string of the molecule is C=CC(=O)N1CCN(c2cc3cc(C)c(=O)[nH]c3cc2OC)CC1.CC. The minimum Gasteiger partial charge on any atom is -0.495 e. The molecular weight excluding hydrogens is 330 g/mol. The second-order valence-electron chi connectivity index (χ2n) is 5.91. The maximum Gasteiger partial charge on any atom is 0.251 e. The first kappa shape index (κ1) is 19.6. The number of piperazine rings is 1. The fraction of sp³-hybridized carbons (Fsp3) is 0.400. The summed E-state index contributed by atoms with van der Waals surface area (Å²) in [7, 11) is 1.62. The Morgan fingerprint density at radius 1 is 1.19 bits per heavy atom. The fourth-order valence-corrected chi connectivity index (χ4v) is 3.04. The molecular formula is C20H27N3O3. The number of carbonyl (C=O) groups is 1. The highest BCUT2D eigenvalue weighted by molar-refractivity contribution is 5.88. The molecule has 0 bridgehead atoms. The fourth-order valence-electron chi connectivity index (χ4n) is 3.04. The van der Waals surface area contributed by atoms with Crippen LogP contribution in [-0.4, -0.2) is 49.1 Å². The number of anilines is 1. The van der Waals surface area contributed by atoms with E-state index in [0.717, 1.165) is 29.7 Å². The van der Waals surface area contributed by atoms with Crippen LogP contribution in [0.3, 0.4) is 0 Å². The third-order valence-corrected chi connectivity index (χ3v) is 4.44. The lowest BCUT2D eigenvalue weighted by molar-refractivity contribution is -0.126. The molecule has 6 heteroatoms. The van der Waals surface area contributed by atoms with Crippen molar-refractivity contribution in [2.75, 3.05) is 38.2 Å². The molecule has 2 aromatic rings. The first-order valence-corrected chi connectivity index (χ1v) is 8.91. The summed E-state index contributed by atoms with van der Waals surface area (Å²) in [6.45, 7) is 12.1. The van der Waals surface area contributed by atoms with Gasteiger partial charge < -0.3 is 19.5 Å². The summed E-state index contributed by atoms with van der Waals surface area (Å²) in [5.74, 6) is 0.679. The molecule has 1 aliphatic rings. The van der Waals surface area contributed by atoms with Gasteiger partial charge >= 0.3 is 0 Å². The van der Waals surface area contributed by atoms with Gasteiger partial charge in [-0.3, -0.25) is 9.59 Å². The minimum absolute atomic E-state index is 0.0340. The second-order valence-corrected chi connectivity index (χ2v) is 5.91. The first-order valence-electron chi connectivity index (χ1n) is 8.91. The normalized spacial score (nSPS) is 13.8. The molecule has 26 heavy (non-hydrogen) atoms. The Morgan fingerprint density at radius 2 is 1.85 bits per heavy atom. The van der Waals surface area contributed by atoms with Crippen LogP contribution in [0, 0.1) is 6.92 Å². The van der Waals surface area contributed by atoms with Gasteiger partial charge in [-0.05, 0) is 25.1 Å². The number of amides is 1. The molecule has 0 saturated carbocycles. The van der Waals surface area contributed by atoms with E-state index >= 15 is 0 Å². The number of pyridine rings is 1. The van der Waals surface area contributed by atoms with Crippen molar-refractivity contribution in [3.63, 3.8) is 0 Å². The van der Waals surface area contributed by atoms with Crippen LogP contribution in [0.15, 0.2) is 35.6 Å². The Kier molecular flexibility index (Phi) is 6.44. The molecule has 3 rings (SSSR count). The number of aryl methyl sites for hydroxylation is 1. The number of H-pyrrole nitrogens is 1. The van der Waals surface area contributed by atoms with Crippen molar-refractivity contribution >= 4 is 22.5 Å². The maximum atomic E-state index is 11.8. The molecule has 2 heterocycles. The van der Waals surface area contributed by atoms with Crippen LogP contribution in [0.5, 0.6) is 5.75 Å². The Morgan fingerprint density at radius 3 is 2.42 bits per heavy atom. The van der Waals surface area contributed by atoms with Gasteiger partial charge in [0.25, 0.3) is 5.56 Å². The topological polar surface area (TPSA) is 65.6 Å². The van der Waals surface area contributed by atoms with Gasteiger partial charge in [-0.1, -0.05) is 20.4 Å². The molecule has 0 atom stereocenters. The number of aromatic amines is 1. The Balaban J connectivity index is 0.00000117. The van der Waals surface area contributed by atoms with Gasteiger partial charge in [-0.15, -0.1) is 0 Å². The van der Waals surface area contributed by atoms with Crippen LogP contribution in [0.1, 0.15) is 19.4 Å². The van der Waals surface area contributed by atoms with E-state index in [1.807, 2.05) is 32.0 Å². The molecule has 0 radical (unpaired) electrons. The van der Waals surface area contributed by atoms with E-state index in [0.29, 0.717) is 24.4 Å². The highest BCUT2D eigenvalue weighted by Gasteiger charge is 2.22. The second kappa shape index (κ2) is 8.56. The monoisotopic (exact) mass is 357 g/mol. The van der Waals surface area contributed by atoms with Crippen molar-refractivity contribution in [1.82, 2.24) is 9.88 Å². The zero-order valence-electron chi connectivity index (χ0n) is 16.0. The zero-order valence-corrected chi connectivity index (χ0v) is 16.0. The van der Waals surface area contributed by atoms with Crippen LogP contribution >= 0.6 is 0 Å². The van der Waals surface area contributed by atoms with Gasteiger partial charge in [0.05, 0.1) is 18.3 Å². The molecule has 1 N–H and O–H groups in total. The number of carbonyl (C=O) groups excluding carboxylic acids is 1. The lowest BCUT2D eigenvalue weighted by Gasteiger charge is -2.36. The lowest BCUT2D eigenvalue weighted by atomic mass is 10.1. The van der Waals surface area contributed by atoms with Gasteiger partial charge in [0, 0.05) is 43.2 Å². The van der Waals surface area contributed by atoms with E-state index in [4.69, 9.17) is 4.74 Å². The summed E-state index contributed by atoms with van der Waals surface area (Å²) in [5.41, 5.74) is 2.32. The van der Waals surface area contributed by atoms with Crippen molar-refractivity contribution in [1.29, 1.82) is 0 Å². The van der Waals surface area contributed by atoms with Crippen LogP contribution in [0.2, 0.25) is 0 Å². The third-order valence-electron chi connectivity index (χ3n) is 4.44. The predicted octanol–water partition coefficient (Wildman–Crippen LogP) is 2.71. The number of hydrogen-bond donors (Lipinski definition) is 1. The Bertz CT molecular complexity index is 849. The molecule has 0 spiro atoms. The van der Waals surface area contributed by atoms with E-state index in [1.54, 1.807) is 18.9 Å². The highest BCUT2D eigenvalue weighted by atomic mass is 16.5. The molecule has 0 unspecified atom stereocenters. The summed E-state index contributed by atoms with van der Waals surface area (Å²) < 4.78 is 5.51. The van der Waals surface area contributed by atoms with Crippen LogP contribution in [-0.2, 0) is 4.79 Å².